The lowest BCUT2D eigenvalue weighted by molar-refractivity contribution is 0.0287. The van der Waals surface area contributed by atoms with Crippen LogP contribution in [0.2, 0.25) is 0 Å². The van der Waals surface area contributed by atoms with Crippen LogP contribution < -0.4 is 5.73 Å². The van der Waals surface area contributed by atoms with Gasteiger partial charge in [0, 0.05) is 29.5 Å². The topological polar surface area (TPSA) is 68.2 Å². The van der Waals surface area contributed by atoms with Gasteiger partial charge in [0.05, 0.1) is 5.52 Å². The zero-order valence-electron chi connectivity index (χ0n) is 15.5. The average Bonchev–Trinajstić information content (AvgIpc) is 2.94. The number of carbonyl (C=O) groups excluding carboxylic acids is 1. The molecule has 1 aromatic heterocycles. The molecule has 0 amide bonds. The lowest BCUT2D eigenvalue weighted by Crippen LogP contribution is -2.53. The van der Waals surface area contributed by atoms with Crippen LogP contribution in [0.5, 0.6) is 5.75 Å². The number of aromatic hydroxyl groups is 1. The summed E-state index contributed by atoms with van der Waals surface area (Å²) in [6.07, 6.45) is 8.49. The number of rotatable bonds is 3. The van der Waals surface area contributed by atoms with E-state index in [2.05, 4.69) is 6.92 Å². The molecule has 1 aromatic carbocycles. The van der Waals surface area contributed by atoms with Gasteiger partial charge in [-0.25, -0.2) is 0 Å². The van der Waals surface area contributed by atoms with E-state index in [-0.39, 0.29) is 23.1 Å². The van der Waals surface area contributed by atoms with Gasteiger partial charge in [0.2, 0.25) is 5.91 Å². The first-order valence-corrected chi connectivity index (χ1v) is 10.2. The van der Waals surface area contributed by atoms with Crippen LogP contribution in [-0.2, 0) is 6.42 Å². The molecule has 4 nitrogen and oxygen atoms in total. The Bertz CT molecular complexity index is 899. The van der Waals surface area contributed by atoms with E-state index in [1.807, 2.05) is 16.7 Å². The number of nitrogens with two attached hydrogens (primary N) is 1. The fourth-order valence-corrected chi connectivity index (χ4v) is 6.46. The Kier molecular flexibility index (Phi) is 3.52. The zero-order chi connectivity index (χ0) is 18.1. The number of unbranched alkanes of at least 4 members (excludes halogenated alkanes) is 1. The van der Waals surface area contributed by atoms with E-state index >= 15 is 0 Å². The quantitative estimate of drug-likeness (QED) is 0.864. The van der Waals surface area contributed by atoms with Crippen molar-refractivity contribution in [3.8, 4) is 5.75 Å². The molecule has 138 valence electrons. The number of fused-ring (bicyclic) bond motifs is 3. The molecule has 0 saturated heterocycles. The lowest BCUT2D eigenvalue weighted by Gasteiger charge is -2.54. The van der Waals surface area contributed by atoms with E-state index in [4.69, 9.17) is 5.73 Å². The first-order valence-electron chi connectivity index (χ1n) is 10.2. The summed E-state index contributed by atoms with van der Waals surface area (Å²) in [5.41, 5.74) is 10.2. The molecule has 0 unspecified atom stereocenters. The van der Waals surface area contributed by atoms with E-state index < -0.39 is 0 Å². The smallest absolute Gasteiger partial charge is 0.231 e. The van der Waals surface area contributed by atoms with E-state index in [0.717, 1.165) is 30.2 Å². The molecule has 26 heavy (non-hydrogen) atoms. The van der Waals surface area contributed by atoms with Crippen molar-refractivity contribution in [2.24, 2.45) is 17.1 Å². The van der Waals surface area contributed by atoms with Crippen LogP contribution in [0, 0.1) is 11.3 Å². The number of benzene rings is 1. The van der Waals surface area contributed by atoms with Crippen molar-refractivity contribution in [3.05, 3.63) is 29.5 Å². The van der Waals surface area contributed by atoms with Crippen molar-refractivity contribution < 1.29 is 9.90 Å². The highest BCUT2D eigenvalue weighted by Crippen LogP contribution is 2.61. The fourth-order valence-electron chi connectivity index (χ4n) is 6.46. The van der Waals surface area contributed by atoms with Crippen LogP contribution in [0.4, 0.5) is 0 Å². The molecule has 1 saturated carbocycles. The maximum Gasteiger partial charge on any atom is 0.231 e. The van der Waals surface area contributed by atoms with Crippen molar-refractivity contribution in [2.75, 3.05) is 0 Å². The summed E-state index contributed by atoms with van der Waals surface area (Å²) >= 11 is 0. The third kappa shape index (κ3) is 2.02. The number of hydrogen-bond donors (Lipinski definition) is 2. The number of phenols is 1. The van der Waals surface area contributed by atoms with Crippen molar-refractivity contribution >= 4 is 16.8 Å². The second-order valence-electron chi connectivity index (χ2n) is 8.84. The van der Waals surface area contributed by atoms with E-state index in [1.54, 1.807) is 6.07 Å². The number of carbonyl (C=O) groups is 1. The van der Waals surface area contributed by atoms with Gasteiger partial charge in [-0.05, 0) is 60.8 Å². The lowest BCUT2D eigenvalue weighted by atomic mass is 9.52. The Labute approximate surface area is 154 Å². The van der Waals surface area contributed by atoms with Gasteiger partial charge in [-0.1, -0.05) is 26.2 Å². The second kappa shape index (κ2) is 5.59. The van der Waals surface area contributed by atoms with E-state index in [0.29, 0.717) is 18.3 Å². The summed E-state index contributed by atoms with van der Waals surface area (Å²) in [6.45, 7) is 2.24. The molecule has 0 bridgehead atoms. The minimum absolute atomic E-state index is 0.0925. The standard InChI is InChI=1S/C22H28N2O2/c1-2-3-8-22-9-4-5-14-17(23)11-16-15-10-13(25)6-7-18(15)24(19(26)12-22)21(16)20(14)22/h6-7,10,14,17,20,25H,2-5,8-9,11-12,23H2,1H3/t14-,17+,20-,22+/m0/s1. The Morgan fingerprint density at radius 2 is 2.23 bits per heavy atom. The van der Waals surface area contributed by atoms with Crippen molar-refractivity contribution in [3.63, 3.8) is 0 Å². The van der Waals surface area contributed by atoms with Gasteiger partial charge in [0.1, 0.15) is 5.75 Å². The number of aromatic nitrogens is 1. The third-order valence-electron chi connectivity index (χ3n) is 7.46. The molecule has 1 aliphatic heterocycles. The molecule has 3 aliphatic rings. The Morgan fingerprint density at radius 1 is 1.38 bits per heavy atom. The minimum Gasteiger partial charge on any atom is -0.508 e. The van der Waals surface area contributed by atoms with Crippen LogP contribution in [0.15, 0.2) is 18.2 Å². The molecule has 0 spiro atoms. The largest absolute Gasteiger partial charge is 0.508 e. The number of hydrogen-bond acceptors (Lipinski definition) is 3. The first kappa shape index (κ1) is 16.4. The highest BCUT2D eigenvalue weighted by molar-refractivity contribution is 5.98. The van der Waals surface area contributed by atoms with Gasteiger partial charge in [-0.2, -0.15) is 0 Å². The Morgan fingerprint density at radius 3 is 3.04 bits per heavy atom. The Hall–Kier alpha value is -1.81. The molecule has 2 heterocycles. The molecule has 0 radical (unpaired) electrons. The van der Waals surface area contributed by atoms with Gasteiger partial charge in [-0.15, -0.1) is 0 Å². The highest BCUT2D eigenvalue weighted by Gasteiger charge is 2.55. The maximum absolute atomic E-state index is 13.3. The maximum atomic E-state index is 13.3. The summed E-state index contributed by atoms with van der Waals surface area (Å²) in [6, 6.07) is 5.58. The van der Waals surface area contributed by atoms with Gasteiger partial charge in [0.15, 0.2) is 0 Å². The molecule has 1 fully saturated rings. The molecular weight excluding hydrogens is 324 g/mol. The number of nitrogens with zero attached hydrogens (tertiary/aromatic N) is 1. The monoisotopic (exact) mass is 352 g/mol. The number of phenolic OH excluding ortho intramolecular Hbond substituents is 1. The van der Waals surface area contributed by atoms with Gasteiger partial charge < -0.3 is 10.8 Å². The second-order valence-corrected chi connectivity index (χ2v) is 8.84. The van der Waals surface area contributed by atoms with Crippen LogP contribution in [0.25, 0.3) is 10.9 Å². The van der Waals surface area contributed by atoms with Crippen molar-refractivity contribution in [2.45, 2.75) is 70.3 Å². The van der Waals surface area contributed by atoms with Crippen LogP contribution in [-0.4, -0.2) is 21.6 Å². The molecule has 3 N–H and O–H groups in total. The Balaban J connectivity index is 1.80. The molecule has 2 aromatic rings. The first-order chi connectivity index (χ1) is 12.6. The fraction of sp³-hybridized carbons (Fsp3) is 0.591. The van der Waals surface area contributed by atoms with E-state index in [1.165, 1.54) is 36.9 Å². The van der Waals surface area contributed by atoms with Gasteiger partial charge in [-0.3, -0.25) is 9.36 Å². The third-order valence-corrected chi connectivity index (χ3v) is 7.46. The summed E-state index contributed by atoms with van der Waals surface area (Å²) in [7, 11) is 0. The van der Waals surface area contributed by atoms with E-state index in [9.17, 15) is 9.90 Å². The molecular formula is C22H28N2O2. The van der Waals surface area contributed by atoms with Gasteiger partial charge >= 0.3 is 0 Å². The van der Waals surface area contributed by atoms with Crippen LogP contribution in [0.1, 0.15) is 73.8 Å². The molecule has 5 rings (SSSR count). The average molecular weight is 352 g/mol. The summed E-state index contributed by atoms with van der Waals surface area (Å²) in [5.74, 6) is 1.39. The SMILES string of the molecule is CCCC[C@@]12CCC[C@H]3[C@H](N)Cc4c(n(c5ccc(O)cc45)C(=O)C1)[C@H]32. The van der Waals surface area contributed by atoms with Crippen molar-refractivity contribution in [1.82, 2.24) is 4.57 Å². The van der Waals surface area contributed by atoms with Crippen LogP contribution in [0.3, 0.4) is 0 Å². The summed E-state index contributed by atoms with van der Waals surface area (Å²) in [5, 5.41) is 11.1. The van der Waals surface area contributed by atoms with Crippen LogP contribution >= 0.6 is 0 Å². The summed E-state index contributed by atoms with van der Waals surface area (Å²) < 4.78 is 1.99. The normalized spacial score (nSPS) is 32.7. The minimum atomic E-state index is 0.0925. The predicted octanol–water partition coefficient (Wildman–Crippen LogP) is 4.33. The molecule has 4 atom stereocenters. The highest BCUT2D eigenvalue weighted by atomic mass is 16.3. The van der Waals surface area contributed by atoms with Gasteiger partial charge in [0.25, 0.3) is 0 Å². The molecule has 4 heteroatoms. The predicted molar refractivity (Wildman–Crippen MR) is 103 cm³/mol. The van der Waals surface area contributed by atoms with Crippen molar-refractivity contribution in [1.29, 1.82) is 0 Å². The zero-order valence-corrected chi connectivity index (χ0v) is 15.5. The summed E-state index contributed by atoms with van der Waals surface area (Å²) in [4.78, 5) is 13.3. The molecule has 2 aliphatic carbocycles.